The first-order valence-electron chi connectivity index (χ1n) is 5.65. The number of nitrogens with zero attached hydrogens (tertiary/aromatic N) is 1. The predicted molar refractivity (Wildman–Crippen MR) is 67.6 cm³/mol. The molecule has 0 radical (unpaired) electrons. The van der Waals surface area contributed by atoms with E-state index < -0.39 is 15.8 Å². The average molecular weight is 293 g/mol. The highest BCUT2D eigenvalue weighted by molar-refractivity contribution is 7.89. The molecule has 100 valence electrons. The molecule has 0 spiro atoms. The van der Waals surface area contributed by atoms with E-state index in [4.69, 9.17) is 11.6 Å². The maximum absolute atomic E-state index is 13.8. The van der Waals surface area contributed by atoms with Crippen molar-refractivity contribution in [2.24, 2.45) is 0 Å². The lowest BCUT2D eigenvalue weighted by Crippen LogP contribution is -2.58. The molecule has 1 heterocycles. The van der Waals surface area contributed by atoms with Crippen LogP contribution < -0.4 is 5.32 Å². The molecule has 0 amide bonds. The van der Waals surface area contributed by atoms with Crippen molar-refractivity contribution in [2.75, 3.05) is 19.6 Å². The van der Waals surface area contributed by atoms with E-state index in [1.54, 1.807) is 6.92 Å². The van der Waals surface area contributed by atoms with Crippen molar-refractivity contribution in [1.82, 2.24) is 9.62 Å². The third-order valence-electron chi connectivity index (χ3n) is 2.98. The number of rotatable bonds is 4. The Hall–Kier alpha value is -0.690. The Morgan fingerprint density at radius 2 is 2.17 bits per heavy atom. The summed E-state index contributed by atoms with van der Waals surface area (Å²) in [4.78, 5) is -0.358. The van der Waals surface area contributed by atoms with E-state index in [1.165, 1.54) is 22.5 Å². The lowest BCUT2D eigenvalue weighted by Gasteiger charge is -2.36. The van der Waals surface area contributed by atoms with Gasteiger partial charge in [-0.2, -0.15) is 4.31 Å². The minimum Gasteiger partial charge on any atom is -0.313 e. The average Bonchev–Trinajstić information content (AvgIpc) is 2.26. The molecular weight excluding hydrogens is 279 g/mol. The van der Waals surface area contributed by atoms with Crippen LogP contribution in [0.25, 0.3) is 0 Å². The molecule has 0 unspecified atom stereocenters. The lowest BCUT2D eigenvalue weighted by atomic mass is 10.2. The van der Waals surface area contributed by atoms with Crippen LogP contribution in [0, 0.1) is 5.82 Å². The summed E-state index contributed by atoms with van der Waals surface area (Å²) in [6.45, 7) is 3.23. The van der Waals surface area contributed by atoms with Gasteiger partial charge in [0.1, 0.15) is 4.90 Å². The highest BCUT2D eigenvalue weighted by atomic mass is 35.5. The molecule has 1 N–H and O–H groups in total. The highest BCUT2D eigenvalue weighted by Gasteiger charge is 2.35. The van der Waals surface area contributed by atoms with Gasteiger partial charge in [-0.25, -0.2) is 12.8 Å². The Morgan fingerprint density at radius 1 is 1.50 bits per heavy atom. The molecule has 2 rings (SSSR count). The fourth-order valence-electron chi connectivity index (χ4n) is 1.91. The first kappa shape index (κ1) is 13.7. The molecule has 1 aliphatic heterocycles. The fourth-order valence-corrected chi connectivity index (χ4v) is 3.86. The summed E-state index contributed by atoms with van der Waals surface area (Å²) in [6, 6.07) is 3.89. The maximum Gasteiger partial charge on any atom is 0.246 e. The SMILES string of the molecule is CCN(C1CNC1)S(=O)(=O)c1cccc(Cl)c1F. The summed E-state index contributed by atoms with van der Waals surface area (Å²) in [5.74, 6) is -0.884. The zero-order valence-corrected chi connectivity index (χ0v) is 11.4. The summed E-state index contributed by atoms with van der Waals surface area (Å²) < 4.78 is 39.9. The largest absolute Gasteiger partial charge is 0.313 e. The van der Waals surface area contributed by atoms with Crippen LogP contribution in [0.4, 0.5) is 4.39 Å². The Labute approximate surface area is 111 Å². The number of nitrogens with one attached hydrogen (secondary N) is 1. The monoisotopic (exact) mass is 292 g/mol. The van der Waals surface area contributed by atoms with Crippen LogP contribution >= 0.6 is 11.6 Å². The number of benzene rings is 1. The van der Waals surface area contributed by atoms with Crippen molar-refractivity contribution in [2.45, 2.75) is 17.9 Å². The Morgan fingerprint density at radius 3 is 2.67 bits per heavy atom. The van der Waals surface area contributed by atoms with Crippen molar-refractivity contribution >= 4 is 21.6 Å². The highest BCUT2D eigenvalue weighted by Crippen LogP contribution is 2.26. The van der Waals surface area contributed by atoms with E-state index in [1.807, 2.05) is 0 Å². The van der Waals surface area contributed by atoms with Crippen molar-refractivity contribution in [1.29, 1.82) is 0 Å². The molecule has 1 saturated heterocycles. The molecule has 0 aromatic heterocycles. The Kier molecular flexibility index (Phi) is 3.91. The maximum atomic E-state index is 13.8. The number of sulfonamides is 1. The molecule has 1 aromatic carbocycles. The normalized spacial score (nSPS) is 16.9. The molecule has 7 heteroatoms. The van der Waals surface area contributed by atoms with Crippen LogP contribution in [0.5, 0.6) is 0 Å². The van der Waals surface area contributed by atoms with E-state index in [-0.39, 0.29) is 16.0 Å². The van der Waals surface area contributed by atoms with Gasteiger partial charge in [-0.15, -0.1) is 0 Å². The van der Waals surface area contributed by atoms with E-state index in [9.17, 15) is 12.8 Å². The third-order valence-corrected chi connectivity index (χ3v) is 5.32. The summed E-state index contributed by atoms with van der Waals surface area (Å²) in [7, 11) is -3.83. The van der Waals surface area contributed by atoms with Crippen molar-refractivity contribution in [3.63, 3.8) is 0 Å². The molecule has 0 atom stereocenters. The third kappa shape index (κ3) is 2.25. The molecule has 0 bridgehead atoms. The van der Waals surface area contributed by atoms with Gasteiger partial charge in [0.15, 0.2) is 5.82 Å². The van der Waals surface area contributed by atoms with Crippen molar-refractivity contribution in [3.8, 4) is 0 Å². The topological polar surface area (TPSA) is 49.4 Å². The van der Waals surface area contributed by atoms with Gasteiger partial charge >= 0.3 is 0 Å². The van der Waals surface area contributed by atoms with Gasteiger partial charge in [-0.05, 0) is 12.1 Å². The number of hydrogen-bond donors (Lipinski definition) is 1. The van der Waals surface area contributed by atoms with Gasteiger partial charge in [0.2, 0.25) is 10.0 Å². The van der Waals surface area contributed by atoms with Crippen LogP contribution in [-0.2, 0) is 10.0 Å². The van der Waals surface area contributed by atoms with Gasteiger partial charge < -0.3 is 5.32 Å². The standard InChI is InChI=1S/C11H14ClFN2O2S/c1-2-15(8-6-14-7-8)18(16,17)10-5-3-4-9(12)11(10)13/h3-5,8,14H,2,6-7H2,1H3. The lowest BCUT2D eigenvalue weighted by molar-refractivity contribution is 0.249. The Balaban J connectivity index is 2.43. The van der Waals surface area contributed by atoms with Crippen molar-refractivity contribution < 1.29 is 12.8 Å². The minimum atomic E-state index is -3.83. The first-order chi connectivity index (χ1) is 8.48. The summed E-state index contributed by atoms with van der Waals surface area (Å²) >= 11 is 5.62. The van der Waals surface area contributed by atoms with Gasteiger partial charge in [0.25, 0.3) is 0 Å². The summed E-state index contributed by atoms with van der Waals surface area (Å²) in [6.07, 6.45) is 0. The zero-order valence-electron chi connectivity index (χ0n) is 9.86. The summed E-state index contributed by atoms with van der Waals surface area (Å²) in [5.41, 5.74) is 0. The second-order valence-corrected chi connectivity index (χ2v) is 6.34. The molecule has 4 nitrogen and oxygen atoms in total. The number of halogens is 2. The van der Waals surface area contributed by atoms with Crippen LogP contribution in [0.3, 0.4) is 0 Å². The quantitative estimate of drug-likeness (QED) is 0.914. The van der Waals surface area contributed by atoms with Gasteiger partial charge in [-0.3, -0.25) is 0 Å². The van der Waals surface area contributed by atoms with E-state index in [0.29, 0.717) is 19.6 Å². The van der Waals surface area contributed by atoms with Crippen LogP contribution in [0.2, 0.25) is 5.02 Å². The molecular formula is C11H14ClFN2O2S. The minimum absolute atomic E-state index is 0.113. The first-order valence-corrected chi connectivity index (χ1v) is 7.47. The molecule has 0 saturated carbocycles. The van der Waals surface area contributed by atoms with Crippen LogP contribution in [-0.4, -0.2) is 38.4 Å². The molecule has 1 fully saturated rings. The smallest absolute Gasteiger partial charge is 0.246 e. The zero-order chi connectivity index (χ0) is 13.3. The molecule has 0 aliphatic carbocycles. The second-order valence-electron chi connectivity index (χ2n) is 4.07. The van der Waals surface area contributed by atoms with Crippen LogP contribution in [0.1, 0.15) is 6.92 Å². The summed E-state index contributed by atoms with van der Waals surface area (Å²) in [5, 5.41) is 2.82. The van der Waals surface area contributed by atoms with Gasteiger partial charge in [0, 0.05) is 19.6 Å². The van der Waals surface area contributed by atoms with Crippen molar-refractivity contribution in [3.05, 3.63) is 29.0 Å². The Bertz CT molecular complexity index is 546. The molecule has 18 heavy (non-hydrogen) atoms. The second kappa shape index (κ2) is 5.13. The predicted octanol–water partition coefficient (Wildman–Crippen LogP) is 1.46. The molecule has 1 aliphatic rings. The van der Waals surface area contributed by atoms with Crippen LogP contribution in [0.15, 0.2) is 23.1 Å². The van der Waals surface area contributed by atoms with Gasteiger partial charge in [-0.1, -0.05) is 24.6 Å². The van der Waals surface area contributed by atoms with E-state index >= 15 is 0 Å². The fraction of sp³-hybridized carbons (Fsp3) is 0.455. The molecule has 1 aromatic rings. The van der Waals surface area contributed by atoms with E-state index in [0.717, 1.165) is 0 Å². The van der Waals surface area contributed by atoms with Gasteiger partial charge in [0.05, 0.1) is 11.1 Å². The van der Waals surface area contributed by atoms with E-state index in [2.05, 4.69) is 5.32 Å². The number of hydrogen-bond acceptors (Lipinski definition) is 3. The number of likely N-dealkylation sites (N-methyl/N-ethyl adjacent to an activating group) is 1.